The molecule has 0 aliphatic heterocycles. The Hall–Kier alpha value is 0.980. The molecule has 1 aliphatic carbocycles. The largest absolute Gasteiger partial charge is 0.368 e. The molecule has 0 spiro atoms. The van der Waals surface area contributed by atoms with Crippen LogP contribution in [0.2, 0.25) is 0 Å². The van der Waals surface area contributed by atoms with E-state index in [1.165, 1.54) is 19.3 Å². The van der Waals surface area contributed by atoms with Crippen LogP contribution >= 0.6 is 55.1 Å². The van der Waals surface area contributed by atoms with Gasteiger partial charge in [0.2, 0.25) is 0 Å². The summed E-state index contributed by atoms with van der Waals surface area (Å²) in [5, 5.41) is 1.52. The van der Waals surface area contributed by atoms with Gasteiger partial charge in [-0.15, -0.1) is 0 Å². The minimum Gasteiger partial charge on any atom is -0.368 e. The Morgan fingerprint density at radius 2 is 1.81 bits per heavy atom. The first-order valence-corrected chi connectivity index (χ1v) is 10.1. The van der Waals surface area contributed by atoms with Gasteiger partial charge in [0.05, 0.1) is 9.86 Å². The second-order valence-corrected chi connectivity index (χ2v) is 7.82. The Morgan fingerprint density at radius 1 is 1.14 bits per heavy atom. The second kappa shape index (κ2) is 9.32. The highest BCUT2D eigenvalue weighted by Gasteiger charge is 2.47. The molecule has 5 heteroatoms. The minimum absolute atomic E-state index is 0.0911. The van der Waals surface area contributed by atoms with E-state index in [2.05, 4.69) is 52.6 Å². The van der Waals surface area contributed by atoms with Crippen molar-refractivity contribution < 1.29 is 4.74 Å². The van der Waals surface area contributed by atoms with E-state index < -0.39 is 5.60 Å². The van der Waals surface area contributed by atoms with Gasteiger partial charge in [-0.2, -0.15) is 0 Å². The number of rotatable bonds is 8. The standard InChI is InChI=1S/C16H24Br2Cl2O/c1-4-7-8-9-10-21-16(6-3)14(18)13(19)11(5-2)12(17)15(16)20/h14H,4-10H2,1-3H3. The Kier molecular flexibility index (Phi) is 8.89. The van der Waals surface area contributed by atoms with Crippen molar-refractivity contribution >= 4 is 55.1 Å². The zero-order chi connectivity index (χ0) is 16.0. The van der Waals surface area contributed by atoms with Crippen molar-refractivity contribution in [1.29, 1.82) is 0 Å². The third-order valence-corrected chi connectivity index (χ3v) is 7.51. The maximum Gasteiger partial charge on any atom is 0.122 e. The molecule has 1 nitrogen and oxygen atoms in total. The van der Waals surface area contributed by atoms with Crippen molar-refractivity contribution in [2.24, 2.45) is 0 Å². The molecule has 0 saturated heterocycles. The number of hydrogen-bond acceptors (Lipinski definition) is 1. The smallest absolute Gasteiger partial charge is 0.122 e. The summed E-state index contributed by atoms with van der Waals surface area (Å²) in [5.74, 6) is 0. The molecule has 21 heavy (non-hydrogen) atoms. The maximum atomic E-state index is 6.65. The van der Waals surface area contributed by atoms with Crippen LogP contribution in [0.3, 0.4) is 0 Å². The van der Waals surface area contributed by atoms with E-state index in [1.807, 2.05) is 0 Å². The van der Waals surface area contributed by atoms with Crippen LogP contribution in [0.5, 0.6) is 0 Å². The number of halogens is 4. The average Bonchev–Trinajstić information content (AvgIpc) is 2.49. The summed E-state index contributed by atoms with van der Waals surface area (Å²) >= 11 is 20.5. The first kappa shape index (κ1) is 20.0. The van der Waals surface area contributed by atoms with Crippen LogP contribution in [0.4, 0.5) is 0 Å². The summed E-state index contributed by atoms with van der Waals surface area (Å²) in [5.41, 5.74) is 0.490. The van der Waals surface area contributed by atoms with Crippen LogP contribution in [0.1, 0.15) is 59.3 Å². The van der Waals surface area contributed by atoms with E-state index in [1.54, 1.807) is 0 Å². The molecule has 0 bridgehead atoms. The molecule has 0 N–H and O–H groups in total. The van der Waals surface area contributed by atoms with Crippen molar-refractivity contribution in [3.8, 4) is 0 Å². The molecule has 0 fully saturated rings. The lowest BCUT2D eigenvalue weighted by atomic mass is 9.88. The van der Waals surface area contributed by atoms with Crippen LogP contribution in [0, 0.1) is 0 Å². The van der Waals surface area contributed by atoms with Gasteiger partial charge in [0.1, 0.15) is 5.60 Å². The molecular weight excluding hydrogens is 439 g/mol. The summed E-state index contributed by atoms with van der Waals surface area (Å²) in [6.45, 7) is 7.08. The van der Waals surface area contributed by atoms with E-state index >= 15 is 0 Å². The average molecular weight is 463 g/mol. The molecule has 1 aliphatic rings. The molecule has 0 aromatic carbocycles. The quantitative estimate of drug-likeness (QED) is 0.272. The summed E-state index contributed by atoms with van der Waals surface area (Å²) in [6, 6.07) is 0. The molecule has 0 aromatic rings. The predicted molar refractivity (Wildman–Crippen MR) is 101 cm³/mol. The highest BCUT2D eigenvalue weighted by atomic mass is 79.9. The van der Waals surface area contributed by atoms with Crippen LogP contribution in [0.25, 0.3) is 0 Å². The lowest BCUT2D eigenvalue weighted by molar-refractivity contribution is -0.0114. The van der Waals surface area contributed by atoms with Gasteiger partial charge in [-0.05, 0) is 40.8 Å². The fourth-order valence-corrected chi connectivity index (χ4v) is 5.42. The van der Waals surface area contributed by atoms with E-state index in [-0.39, 0.29) is 4.83 Å². The molecule has 0 amide bonds. The van der Waals surface area contributed by atoms with Gasteiger partial charge in [0.15, 0.2) is 0 Å². The predicted octanol–water partition coefficient (Wildman–Crippen LogP) is 7.26. The minimum atomic E-state index is -0.567. The normalized spacial score (nSPS) is 26.7. The summed E-state index contributed by atoms with van der Waals surface area (Å²) in [7, 11) is 0. The van der Waals surface area contributed by atoms with Crippen LogP contribution in [-0.2, 0) is 4.74 Å². The monoisotopic (exact) mass is 460 g/mol. The molecule has 0 radical (unpaired) electrons. The fourth-order valence-electron chi connectivity index (χ4n) is 2.57. The van der Waals surface area contributed by atoms with Crippen molar-refractivity contribution in [2.45, 2.75) is 69.7 Å². The van der Waals surface area contributed by atoms with Gasteiger partial charge < -0.3 is 4.74 Å². The van der Waals surface area contributed by atoms with Crippen LogP contribution < -0.4 is 0 Å². The van der Waals surface area contributed by atoms with Gasteiger partial charge in [-0.1, -0.05) is 79.2 Å². The number of alkyl halides is 1. The van der Waals surface area contributed by atoms with Gasteiger partial charge in [-0.3, -0.25) is 0 Å². The highest BCUT2D eigenvalue weighted by molar-refractivity contribution is 9.12. The van der Waals surface area contributed by atoms with Gasteiger partial charge in [-0.25, -0.2) is 0 Å². The van der Waals surface area contributed by atoms with E-state index in [4.69, 9.17) is 27.9 Å². The lowest BCUT2D eigenvalue weighted by Gasteiger charge is -2.41. The third kappa shape index (κ3) is 4.29. The molecule has 122 valence electrons. The summed E-state index contributed by atoms with van der Waals surface area (Å²) in [4.78, 5) is -0.0911. The van der Waals surface area contributed by atoms with E-state index in [9.17, 15) is 0 Å². The Labute approximate surface area is 155 Å². The zero-order valence-corrected chi connectivity index (χ0v) is 17.6. The first-order chi connectivity index (χ1) is 9.96. The fraction of sp³-hybridized carbons (Fsp3) is 0.750. The third-order valence-electron chi connectivity index (χ3n) is 3.99. The molecule has 0 saturated carbocycles. The number of unbranched alkanes of at least 4 members (excludes halogenated alkanes) is 3. The molecular formula is C16H24Br2Cl2O. The van der Waals surface area contributed by atoms with E-state index in [0.29, 0.717) is 6.61 Å². The first-order valence-electron chi connectivity index (χ1n) is 7.68. The van der Waals surface area contributed by atoms with Crippen molar-refractivity contribution in [1.82, 2.24) is 0 Å². The molecule has 0 heterocycles. The summed E-state index contributed by atoms with van der Waals surface area (Å²) < 4.78 is 7.13. The van der Waals surface area contributed by atoms with Gasteiger partial charge >= 0.3 is 0 Å². The molecule has 2 atom stereocenters. The molecule has 1 rings (SSSR count). The van der Waals surface area contributed by atoms with Crippen molar-refractivity contribution in [3.63, 3.8) is 0 Å². The lowest BCUT2D eigenvalue weighted by Crippen LogP contribution is -2.45. The second-order valence-electron chi connectivity index (χ2n) is 5.32. The van der Waals surface area contributed by atoms with Crippen LogP contribution in [-0.4, -0.2) is 17.0 Å². The van der Waals surface area contributed by atoms with Crippen molar-refractivity contribution in [2.75, 3.05) is 6.61 Å². The Balaban J connectivity index is 2.93. The number of ether oxygens (including phenoxy) is 1. The van der Waals surface area contributed by atoms with Crippen molar-refractivity contribution in [3.05, 3.63) is 20.1 Å². The maximum absolute atomic E-state index is 6.65. The van der Waals surface area contributed by atoms with Gasteiger partial charge in [0.25, 0.3) is 0 Å². The van der Waals surface area contributed by atoms with Gasteiger partial charge in [0, 0.05) is 16.1 Å². The molecule has 0 aromatic heterocycles. The summed E-state index contributed by atoms with van der Waals surface area (Å²) in [6.07, 6.45) is 6.33. The number of allylic oxidation sites excluding steroid dienone is 2. The van der Waals surface area contributed by atoms with E-state index in [0.717, 1.165) is 39.4 Å². The topological polar surface area (TPSA) is 9.23 Å². The zero-order valence-electron chi connectivity index (χ0n) is 12.9. The SMILES string of the molecule is CCCCCCOC1(CC)C(Cl)=C(Br)C(CC)=C(Cl)C1Br. The number of hydrogen-bond donors (Lipinski definition) is 0. The Bertz CT molecular complexity index is 421. The molecule has 2 unspecified atom stereocenters. The Morgan fingerprint density at radius 3 is 2.33 bits per heavy atom. The highest BCUT2D eigenvalue weighted by Crippen LogP contribution is 2.50. The van der Waals surface area contributed by atoms with Crippen LogP contribution in [0.15, 0.2) is 20.1 Å².